The number of fused-ring (bicyclic) bond motifs is 1. The van der Waals surface area contributed by atoms with E-state index in [0.717, 1.165) is 47.8 Å². The average Bonchev–Trinajstić information content (AvgIpc) is 3.57. The number of benzene rings is 3. The minimum Gasteiger partial charge on any atom is -0.371 e. The van der Waals surface area contributed by atoms with Crippen LogP contribution in [0.4, 0.5) is 17.1 Å². The first kappa shape index (κ1) is 23.0. The Bertz CT molecular complexity index is 1240. The molecule has 36 heavy (non-hydrogen) atoms. The molecule has 0 spiro atoms. The fourth-order valence-corrected chi connectivity index (χ4v) is 5.79. The van der Waals surface area contributed by atoms with Crippen molar-refractivity contribution in [3.05, 3.63) is 89.5 Å². The molecule has 1 unspecified atom stereocenters. The molecule has 2 fully saturated rings. The number of aliphatic imine (C=N–C) groups is 1. The van der Waals surface area contributed by atoms with E-state index in [1.807, 2.05) is 30.3 Å². The third-order valence-electron chi connectivity index (χ3n) is 7.72. The molecular formula is C31H34N4O. The van der Waals surface area contributed by atoms with Crippen LogP contribution in [0.5, 0.6) is 0 Å². The largest absolute Gasteiger partial charge is 0.371 e. The summed E-state index contributed by atoms with van der Waals surface area (Å²) in [5.41, 5.74) is 7.08. The van der Waals surface area contributed by atoms with Crippen molar-refractivity contribution < 1.29 is 4.79 Å². The number of hydrogen-bond donors (Lipinski definition) is 1. The van der Waals surface area contributed by atoms with Crippen LogP contribution in [0.3, 0.4) is 0 Å². The average molecular weight is 479 g/mol. The first-order valence-corrected chi connectivity index (χ1v) is 13.4. The molecule has 0 bridgehead atoms. The van der Waals surface area contributed by atoms with E-state index in [9.17, 15) is 4.79 Å². The number of carbonyl (C=O) groups excluding carboxylic acids is 1. The van der Waals surface area contributed by atoms with E-state index in [4.69, 9.17) is 4.99 Å². The number of anilines is 2. The van der Waals surface area contributed by atoms with E-state index in [1.165, 1.54) is 56.4 Å². The zero-order chi connectivity index (χ0) is 24.3. The summed E-state index contributed by atoms with van der Waals surface area (Å²) in [4.78, 5) is 23.3. The summed E-state index contributed by atoms with van der Waals surface area (Å²) in [7, 11) is 0. The molecule has 3 aromatic carbocycles. The van der Waals surface area contributed by atoms with Gasteiger partial charge in [-0.1, -0.05) is 55.0 Å². The molecule has 3 aromatic rings. The second-order valence-electron chi connectivity index (χ2n) is 10.3. The lowest BCUT2D eigenvalue weighted by Crippen LogP contribution is -2.28. The zero-order valence-electron chi connectivity index (χ0n) is 20.8. The molecule has 0 aliphatic carbocycles. The Morgan fingerprint density at radius 3 is 2.31 bits per heavy atom. The van der Waals surface area contributed by atoms with Crippen molar-refractivity contribution in [2.75, 3.05) is 36.4 Å². The number of rotatable bonds is 6. The summed E-state index contributed by atoms with van der Waals surface area (Å²) in [5, 5.41) is 3.15. The molecule has 5 heteroatoms. The highest BCUT2D eigenvalue weighted by Crippen LogP contribution is 2.39. The number of piperidine rings is 1. The van der Waals surface area contributed by atoms with Gasteiger partial charge in [-0.15, -0.1) is 0 Å². The maximum Gasteiger partial charge on any atom is 0.238 e. The Kier molecular flexibility index (Phi) is 6.56. The summed E-state index contributed by atoms with van der Waals surface area (Å²) in [6, 6.07) is 25.1. The SMILES string of the molecule is O=C1Nc2cc(N3CCCC3)ccc2C1C(=Nc1ccc(CN2CCCCC2)cc1)c1ccccc1. The van der Waals surface area contributed by atoms with Gasteiger partial charge in [0.15, 0.2) is 0 Å². The van der Waals surface area contributed by atoms with E-state index < -0.39 is 5.92 Å². The van der Waals surface area contributed by atoms with E-state index in [0.29, 0.717) is 0 Å². The van der Waals surface area contributed by atoms with Crippen molar-refractivity contribution in [3.8, 4) is 0 Å². The summed E-state index contributed by atoms with van der Waals surface area (Å²) in [6.07, 6.45) is 6.41. The van der Waals surface area contributed by atoms with Crippen molar-refractivity contribution in [3.63, 3.8) is 0 Å². The van der Waals surface area contributed by atoms with E-state index >= 15 is 0 Å². The van der Waals surface area contributed by atoms with Gasteiger partial charge in [-0.05, 0) is 79.7 Å². The molecule has 1 atom stereocenters. The standard InChI is InChI=1S/C31H34N4O/c36-31-29(27-16-15-26(21-28(27)33-31)35-19-7-8-20-35)30(24-9-3-1-4-10-24)32-25-13-11-23(12-14-25)22-34-17-5-2-6-18-34/h1,3-4,9-16,21,29H,2,5-8,17-20,22H2,(H,33,36). The number of likely N-dealkylation sites (tertiary alicyclic amines) is 1. The first-order valence-electron chi connectivity index (χ1n) is 13.4. The lowest BCUT2D eigenvalue weighted by atomic mass is 9.90. The molecule has 1 amide bonds. The Morgan fingerprint density at radius 1 is 0.833 bits per heavy atom. The summed E-state index contributed by atoms with van der Waals surface area (Å²) >= 11 is 0. The van der Waals surface area contributed by atoms with Crippen LogP contribution in [0.1, 0.15) is 54.7 Å². The van der Waals surface area contributed by atoms with Crippen LogP contribution in [0.2, 0.25) is 0 Å². The van der Waals surface area contributed by atoms with Crippen LogP contribution in [0.15, 0.2) is 77.8 Å². The lowest BCUT2D eigenvalue weighted by Gasteiger charge is -2.26. The molecule has 0 saturated carbocycles. The molecule has 3 aliphatic rings. The highest BCUT2D eigenvalue weighted by Gasteiger charge is 2.36. The highest BCUT2D eigenvalue weighted by molar-refractivity contribution is 6.24. The molecule has 5 nitrogen and oxygen atoms in total. The van der Waals surface area contributed by atoms with Crippen LogP contribution in [-0.2, 0) is 11.3 Å². The summed E-state index contributed by atoms with van der Waals surface area (Å²) in [6.45, 7) is 5.54. The smallest absolute Gasteiger partial charge is 0.238 e. The zero-order valence-corrected chi connectivity index (χ0v) is 20.8. The van der Waals surface area contributed by atoms with Gasteiger partial charge in [0.2, 0.25) is 5.91 Å². The molecular weight excluding hydrogens is 444 g/mol. The number of carbonyl (C=O) groups is 1. The first-order chi connectivity index (χ1) is 17.7. The number of amides is 1. The number of nitrogens with one attached hydrogen (secondary N) is 1. The van der Waals surface area contributed by atoms with Gasteiger partial charge in [-0.3, -0.25) is 14.7 Å². The topological polar surface area (TPSA) is 47.9 Å². The molecule has 2 saturated heterocycles. The predicted molar refractivity (Wildman–Crippen MR) is 147 cm³/mol. The molecule has 6 rings (SSSR count). The third-order valence-corrected chi connectivity index (χ3v) is 7.72. The number of nitrogens with zero attached hydrogens (tertiary/aromatic N) is 3. The fourth-order valence-electron chi connectivity index (χ4n) is 5.79. The predicted octanol–water partition coefficient (Wildman–Crippen LogP) is 6.13. The quantitative estimate of drug-likeness (QED) is 0.434. The highest BCUT2D eigenvalue weighted by atomic mass is 16.2. The molecule has 1 N–H and O–H groups in total. The maximum atomic E-state index is 13.3. The van der Waals surface area contributed by atoms with Gasteiger partial charge in [0.1, 0.15) is 5.92 Å². The van der Waals surface area contributed by atoms with Crippen LogP contribution in [0, 0.1) is 0 Å². The maximum absolute atomic E-state index is 13.3. The number of hydrogen-bond acceptors (Lipinski definition) is 4. The van der Waals surface area contributed by atoms with Gasteiger partial charge >= 0.3 is 0 Å². The van der Waals surface area contributed by atoms with Crippen molar-refractivity contribution in [2.24, 2.45) is 4.99 Å². The summed E-state index contributed by atoms with van der Waals surface area (Å²) in [5.74, 6) is -0.434. The Hall–Kier alpha value is -3.44. The minimum absolute atomic E-state index is 0.00658. The monoisotopic (exact) mass is 478 g/mol. The van der Waals surface area contributed by atoms with Gasteiger partial charge in [0.05, 0.1) is 11.4 Å². The minimum atomic E-state index is -0.428. The molecule has 0 radical (unpaired) electrons. The Morgan fingerprint density at radius 2 is 1.56 bits per heavy atom. The van der Waals surface area contributed by atoms with E-state index in [2.05, 4.69) is 57.6 Å². The van der Waals surface area contributed by atoms with Crippen LogP contribution in [-0.4, -0.2) is 42.7 Å². The van der Waals surface area contributed by atoms with Gasteiger partial charge in [0, 0.05) is 31.0 Å². The van der Waals surface area contributed by atoms with E-state index in [-0.39, 0.29) is 5.91 Å². The second-order valence-corrected chi connectivity index (χ2v) is 10.3. The van der Waals surface area contributed by atoms with Crippen molar-refractivity contribution in [1.29, 1.82) is 0 Å². The Labute approximate surface area is 213 Å². The van der Waals surface area contributed by atoms with Crippen molar-refractivity contribution >= 4 is 28.7 Å². The van der Waals surface area contributed by atoms with Crippen molar-refractivity contribution in [2.45, 2.75) is 44.6 Å². The molecule has 3 heterocycles. The molecule has 3 aliphatic heterocycles. The third kappa shape index (κ3) is 4.80. The lowest BCUT2D eigenvalue weighted by molar-refractivity contribution is -0.115. The summed E-state index contributed by atoms with van der Waals surface area (Å²) < 4.78 is 0. The molecule has 0 aromatic heterocycles. The fraction of sp³-hybridized carbons (Fsp3) is 0.355. The van der Waals surface area contributed by atoms with Gasteiger partial charge < -0.3 is 10.2 Å². The van der Waals surface area contributed by atoms with E-state index in [1.54, 1.807) is 0 Å². The van der Waals surface area contributed by atoms with Crippen LogP contribution >= 0.6 is 0 Å². The second kappa shape index (κ2) is 10.3. The van der Waals surface area contributed by atoms with Crippen LogP contribution in [0.25, 0.3) is 0 Å². The molecule has 184 valence electrons. The van der Waals surface area contributed by atoms with Gasteiger partial charge in [-0.2, -0.15) is 0 Å². The van der Waals surface area contributed by atoms with Crippen molar-refractivity contribution in [1.82, 2.24) is 4.90 Å². The van der Waals surface area contributed by atoms with Gasteiger partial charge in [-0.25, -0.2) is 0 Å². The normalized spacial score (nSPS) is 20.4. The van der Waals surface area contributed by atoms with Gasteiger partial charge in [0.25, 0.3) is 0 Å². The van der Waals surface area contributed by atoms with Crippen LogP contribution < -0.4 is 10.2 Å². The Balaban J connectivity index is 1.31.